The fourth-order valence-electron chi connectivity index (χ4n) is 1.49. The lowest BCUT2D eigenvalue weighted by atomic mass is 10.3. The number of halogens is 1. The Bertz CT molecular complexity index is 516. The van der Waals surface area contributed by atoms with Gasteiger partial charge in [-0.2, -0.15) is 0 Å². The Morgan fingerprint density at radius 3 is 2.35 bits per heavy atom. The molecule has 0 N–H and O–H groups in total. The predicted molar refractivity (Wildman–Crippen MR) is 70.2 cm³/mol. The maximum Gasteiger partial charge on any atom is 0.123 e. The molecule has 0 radical (unpaired) electrons. The first-order valence-corrected chi connectivity index (χ1v) is 7.54. The van der Waals surface area contributed by atoms with Crippen LogP contribution in [0.5, 0.6) is 0 Å². The molecule has 0 aliphatic carbocycles. The van der Waals surface area contributed by atoms with E-state index in [0.29, 0.717) is 10.6 Å². The molecule has 0 saturated carbocycles. The highest BCUT2D eigenvalue weighted by molar-refractivity contribution is 7.84. The van der Waals surface area contributed by atoms with E-state index in [2.05, 4.69) is 13.0 Å². The topological polar surface area (TPSA) is 17.1 Å². The van der Waals surface area contributed by atoms with Gasteiger partial charge in [-0.25, -0.2) is 4.39 Å². The van der Waals surface area contributed by atoms with Crippen molar-refractivity contribution in [3.63, 3.8) is 0 Å². The van der Waals surface area contributed by atoms with E-state index in [1.165, 1.54) is 17.0 Å². The van der Waals surface area contributed by atoms with Gasteiger partial charge in [-0.3, -0.25) is 4.21 Å². The van der Waals surface area contributed by atoms with E-state index in [0.717, 1.165) is 11.3 Å². The summed E-state index contributed by atoms with van der Waals surface area (Å²) in [6, 6.07) is 9.95. The maximum atomic E-state index is 12.7. The number of rotatable bonds is 4. The van der Waals surface area contributed by atoms with Crippen LogP contribution in [0.25, 0.3) is 0 Å². The van der Waals surface area contributed by atoms with E-state index in [9.17, 15) is 8.60 Å². The first-order chi connectivity index (χ1) is 8.19. The zero-order chi connectivity index (χ0) is 12.3. The van der Waals surface area contributed by atoms with Gasteiger partial charge in [0.2, 0.25) is 0 Å². The smallest absolute Gasteiger partial charge is 0.123 e. The van der Waals surface area contributed by atoms with Crippen LogP contribution in [0.15, 0.2) is 41.3 Å². The molecule has 0 aliphatic heterocycles. The van der Waals surface area contributed by atoms with Crippen molar-refractivity contribution in [2.24, 2.45) is 0 Å². The predicted octanol–water partition coefficient (Wildman–Crippen LogP) is 3.76. The number of benzene rings is 1. The zero-order valence-corrected chi connectivity index (χ0v) is 11.1. The summed E-state index contributed by atoms with van der Waals surface area (Å²) in [5, 5.41) is 0. The number of hydrogen-bond acceptors (Lipinski definition) is 2. The molecule has 1 nitrogen and oxygen atoms in total. The lowest BCUT2D eigenvalue weighted by molar-refractivity contribution is 0.626. The van der Waals surface area contributed by atoms with Crippen molar-refractivity contribution < 1.29 is 8.60 Å². The molecule has 1 unspecified atom stereocenters. The van der Waals surface area contributed by atoms with E-state index >= 15 is 0 Å². The van der Waals surface area contributed by atoms with Crippen LogP contribution in [-0.4, -0.2) is 4.21 Å². The Balaban J connectivity index is 2.08. The summed E-state index contributed by atoms with van der Waals surface area (Å²) >= 11 is 1.69. The maximum absolute atomic E-state index is 12.7. The van der Waals surface area contributed by atoms with Crippen molar-refractivity contribution in [1.29, 1.82) is 0 Å². The van der Waals surface area contributed by atoms with Gasteiger partial charge in [-0.1, -0.05) is 6.92 Å². The van der Waals surface area contributed by atoms with E-state index in [-0.39, 0.29) is 5.82 Å². The van der Waals surface area contributed by atoms with Gasteiger partial charge in [0, 0.05) is 14.6 Å². The molecule has 2 aromatic rings. The highest BCUT2D eigenvalue weighted by Gasteiger charge is 2.07. The Morgan fingerprint density at radius 1 is 1.12 bits per heavy atom. The third-order valence-corrected chi connectivity index (χ3v) is 5.20. The Labute approximate surface area is 107 Å². The van der Waals surface area contributed by atoms with Crippen molar-refractivity contribution in [1.82, 2.24) is 0 Å². The third-order valence-electron chi connectivity index (χ3n) is 2.42. The minimum Gasteiger partial charge on any atom is -0.254 e. The highest BCUT2D eigenvalue weighted by atomic mass is 32.2. The average molecular weight is 268 g/mol. The minimum atomic E-state index is -1.09. The number of thiophene rings is 1. The normalized spacial score (nSPS) is 12.6. The summed E-state index contributed by atoms with van der Waals surface area (Å²) in [6.07, 6.45) is 1.01. The summed E-state index contributed by atoms with van der Waals surface area (Å²) in [5.41, 5.74) is 0. The molecule has 0 bridgehead atoms. The van der Waals surface area contributed by atoms with Crippen LogP contribution in [0.3, 0.4) is 0 Å². The first kappa shape index (κ1) is 12.5. The number of hydrogen-bond donors (Lipinski definition) is 0. The summed E-state index contributed by atoms with van der Waals surface area (Å²) in [7, 11) is -1.09. The van der Waals surface area contributed by atoms with Crippen LogP contribution in [0.1, 0.15) is 16.7 Å². The third kappa shape index (κ3) is 3.23. The molecule has 1 atom stereocenters. The summed E-state index contributed by atoms with van der Waals surface area (Å²) in [6.45, 7) is 2.10. The molecule has 0 aliphatic rings. The van der Waals surface area contributed by atoms with E-state index < -0.39 is 10.8 Å². The van der Waals surface area contributed by atoms with Crippen LogP contribution < -0.4 is 0 Å². The lowest BCUT2D eigenvalue weighted by Gasteiger charge is -2.00. The highest BCUT2D eigenvalue weighted by Crippen LogP contribution is 2.21. The fourth-order valence-corrected chi connectivity index (χ4v) is 3.76. The molecule has 1 aromatic heterocycles. The molecule has 0 amide bonds. The molecule has 1 heterocycles. The van der Waals surface area contributed by atoms with Crippen LogP contribution in [-0.2, 0) is 23.0 Å². The molecule has 90 valence electrons. The molecule has 0 fully saturated rings. The van der Waals surface area contributed by atoms with Crippen LogP contribution in [0.2, 0.25) is 0 Å². The Morgan fingerprint density at radius 2 is 1.76 bits per heavy atom. The van der Waals surface area contributed by atoms with Crippen molar-refractivity contribution in [3.05, 3.63) is 52.0 Å². The van der Waals surface area contributed by atoms with Crippen LogP contribution in [0.4, 0.5) is 4.39 Å². The van der Waals surface area contributed by atoms with Gasteiger partial charge in [0.15, 0.2) is 0 Å². The second kappa shape index (κ2) is 5.56. The van der Waals surface area contributed by atoms with Gasteiger partial charge in [-0.05, 0) is 42.8 Å². The average Bonchev–Trinajstić information content (AvgIpc) is 2.77. The standard InChI is InChI=1S/C13H13FOS2/c1-2-11-5-6-12(16-11)9-17(15)13-7-3-10(14)4-8-13/h3-8H,2,9H2,1H3. The van der Waals surface area contributed by atoms with Gasteiger partial charge < -0.3 is 0 Å². The van der Waals surface area contributed by atoms with Crippen molar-refractivity contribution in [2.45, 2.75) is 24.0 Å². The summed E-state index contributed by atoms with van der Waals surface area (Å²) < 4.78 is 24.7. The summed E-state index contributed by atoms with van der Waals surface area (Å²) in [5.74, 6) is 0.214. The van der Waals surface area contributed by atoms with Crippen molar-refractivity contribution in [2.75, 3.05) is 0 Å². The van der Waals surface area contributed by atoms with Crippen molar-refractivity contribution >= 4 is 22.1 Å². The Kier molecular flexibility index (Phi) is 4.07. The quantitative estimate of drug-likeness (QED) is 0.825. The van der Waals surface area contributed by atoms with Gasteiger partial charge in [0.1, 0.15) is 5.82 Å². The zero-order valence-electron chi connectivity index (χ0n) is 9.48. The van der Waals surface area contributed by atoms with Gasteiger partial charge in [-0.15, -0.1) is 11.3 Å². The minimum absolute atomic E-state index is 0.296. The van der Waals surface area contributed by atoms with E-state index in [4.69, 9.17) is 0 Å². The second-order valence-electron chi connectivity index (χ2n) is 3.67. The van der Waals surface area contributed by atoms with Crippen molar-refractivity contribution in [3.8, 4) is 0 Å². The lowest BCUT2D eigenvalue weighted by Crippen LogP contribution is -1.94. The largest absolute Gasteiger partial charge is 0.254 e. The summed E-state index contributed by atoms with van der Waals surface area (Å²) in [4.78, 5) is 3.10. The molecular formula is C13H13FOS2. The molecule has 1 aromatic carbocycles. The Hall–Kier alpha value is -1.000. The first-order valence-electron chi connectivity index (χ1n) is 5.40. The van der Waals surface area contributed by atoms with E-state index in [1.54, 1.807) is 23.5 Å². The van der Waals surface area contributed by atoms with Crippen LogP contribution in [0, 0.1) is 5.82 Å². The van der Waals surface area contributed by atoms with Gasteiger partial charge >= 0.3 is 0 Å². The monoisotopic (exact) mass is 268 g/mol. The molecule has 2 rings (SSSR count). The van der Waals surface area contributed by atoms with Gasteiger partial charge in [0.05, 0.1) is 16.6 Å². The van der Waals surface area contributed by atoms with Crippen LogP contribution >= 0.6 is 11.3 Å². The fraction of sp³-hybridized carbons (Fsp3) is 0.231. The molecular weight excluding hydrogens is 255 g/mol. The molecule has 4 heteroatoms. The van der Waals surface area contributed by atoms with E-state index in [1.807, 2.05) is 6.07 Å². The second-order valence-corrected chi connectivity index (χ2v) is 6.37. The van der Waals surface area contributed by atoms with Gasteiger partial charge in [0.25, 0.3) is 0 Å². The SMILES string of the molecule is CCc1ccc(CS(=O)c2ccc(F)cc2)s1. The number of aryl methyl sites for hydroxylation is 1. The molecule has 0 saturated heterocycles. The molecule has 0 spiro atoms. The molecule has 17 heavy (non-hydrogen) atoms.